The average molecular weight is 462 g/mol. The molecule has 1 rings (SSSR count). The van der Waals surface area contributed by atoms with Crippen molar-refractivity contribution in [3.63, 3.8) is 0 Å². The Balaban J connectivity index is 2.59. The van der Waals surface area contributed by atoms with Gasteiger partial charge in [-0.3, -0.25) is 10.6 Å². The number of hydrogen-bond donors (Lipinski definition) is 2. The molecule has 1 aromatic carbocycles. The van der Waals surface area contributed by atoms with Crippen molar-refractivity contribution in [1.29, 1.82) is 0 Å². The lowest BCUT2D eigenvalue weighted by atomic mass is 10.2. The van der Waals surface area contributed by atoms with Gasteiger partial charge in [0.2, 0.25) is 0 Å². The maximum absolute atomic E-state index is 12.2. The van der Waals surface area contributed by atoms with E-state index in [1.54, 1.807) is 32.9 Å². The van der Waals surface area contributed by atoms with Crippen LogP contribution in [0.3, 0.4) is 0 Å². The van der Waals surface area contributed by atoms with Gasteiger partial charge in [0.05, 0.1) is 0 Å². The Bertz CT molecular complexity index is 925. The quantitative estimate of drug-likeness (QED) is 0.302. The van der Waals surface area contributed by atoms with Gasteiger partial charge in [-0.25, -0.2) is 19.2 Å². The summed E-state index contributed by atoms with van der Waals surface area (Å²) < 4.78 is 20.2. The molecule has 0 fully saturated rings. The van der Waals surface area contributed by atoms with Crippen LogP contribution in [0.2, 0.25) is 0 Å². The molecule has 10 heteroatoms. The second-order valence-electron chi connectivity index (χ2n) is 7.47. The SMILES string of the molecule is C=C(C)C(=O)OCC(C)OC(=O)Nc1cc(NC(=O)O[C@@H](C)COC(=O)C(=C)C)ccc1C. The predicted molar refractivity (Wildman–Crippen MR) is 122 cm³/mol. The maximum atomic E-state index is 12.2. The molecule has 0 saturated carbocycles. The molecule has 0 bridgehead atoms. The summed E-state index contributed by atoms with van der Waals surface area (Å²) >= 11 is 0. The molecule has 180 valence electrons. The van der Waals surface area contributed by atoms with E-state index in [4.69, 9.17) is 18.9 Å². The summed E-state index contributed by atoms with van der Waals surface area (Å²) in [7, 11) is 0. The molecule has 2 atom stereocenters. The first kappa shape index (κ1) is 27.2. The summed E-state index contributed by atoms with van der Waals surface area (Å²) in [6, 6.07) is 4.83. The van der Waals surface area contributed by atoms with E-state index in [1.807, 2.05) is 0 Å². The van der Waals surface area contributed by atoms with Gasteiger partial charge in [-0.1, -0.05) is 19.2 Å². The Kier molecular flexibility index (Phi) is 10.6. The largest absolute Gasteiger partial charge is 0.458 e. The lowest BCUT2D eigenvalue weighted by Gasteiger charge is -2.16. The van der Waals surface area contributed by atoms with Crippen LogP contribution in [-0.4, -0.2) is 49.5 Å². The van der Waals surface area contributed by atoms with Crippen LogP contribution < -0.4 is 10.6 Å². The van der Waals surface area contributed by atoms with E-state index in [0.29, 0.717) is 16.9 Å². The summed E-state index contributed by atoms with van der Waals surface area (Å²) in [5, 5.41) is 5.10. The normalized spacial score (nSPS) is 11.9. The van der Waals surface area contributed by atoms with Crippen LogP contribution >= 0.6 is 0 Å². The van der Waals surface area contributed by atoms with E-state index < -0.39 is 36.3 Å². The Morgan fingerprint density at radius 1 is 0.848 bits per heavy atom. The molecule has 2 N–H and O–H groups in total. The third-order valence-corrected chi connectivity index (χ3v) is 3.93. The minimum Gasteiger partial charge on any atom is -0.458 e. The third-order valence-electron chi connectivity index (χ3n) is 3.93. The van der Waals surface area contributed by atoms with Crippen molar-refractivity contribution >= 4 is 35.5 Å². The van der Waals surface area contributed by atoms with Gasteiger partial charge in [0.25, 0.3) is 0 Å². The average Bonchev–Trinajstić information content (AvgIpc) is 2.72. The summed E-state index contributed by atoms with van der Waals surface area (Å²) in [4.78, 5) is 47.0. The fourth-order valence-corrected chi connectivity index (χ4v) is 2.19. The Labute approximate surface area is 192 Å². The molecule has 1 unspecified atom stereocenters. The summed E-state index contributed by atoms with van der Waals surface area (Å²) in [6.07, 6.45) is -2.90. The number of hydrogen-bond acceptors (Lipinski definition) is 8. The first-order chi connectivity index (χ1) is 15.4. The molecule has 1 aromatic rings. The Morgan fingerprint density at radius 2 is 1.30 bits per heavy atom. The Hall–Kier alpha value is -3.82. The Morgan fingerprint density at radius 3 is 1.76 bits per heavy atom. The molecule has 10 nitrogen and oxygen atoms in total. The highest BCUT2D eigenvalue weighted by atomic mass is 16.6. The number of amides is 2. The second kappa shape index (κ2) is 12.9. The number of nitrogens with one attached hydrogen (secondary N) is 2. The number of carbonyl (C=O) groups excluding carboxylic acids is 4. The van der Waals surface area contributed by atoms with E-state index in [1.165, 1.54) is 19.9 Å². The molecule has 0 saturated heterocycles. The van der Waals surface area contributed by atoms with Gasteiger partial charge in [-0.15, -0.1) is 0 Å². The van der Waals surface area contributed by atoms with E-state index in [2.05, 4.69) is 23.8 Å². The van der Waals surface area contributed by atoms with Crippen molar-refractivity contribution in [2.45, 2.75) is 46.8 Å². The zero-order valence-electron chi connectivity index (χ0n) is 19.5. The van der Waals surface area contributed by atoms with E-state index in [-0.39, 0.29) is 24.4 Å². The lowest BCUT2D eigenvalue weighted by molar-refractivity contribution is -0.142. The summed E-state index contributed by atoms with van der Waals surface area (Å²) in [5.74, 6) is -1.15. The number of ether oxygens (including phenoxy) is 4. The molecule has 2 amide bonds. The van der Waals surface area contributed by atoms with Gasteiger partial charge in [0.1, 0.15) is 25.4 Å². The number of benzene rings is 1. The molecule has 0 heterocycles. The minimum absolute atomic E-state index is 0.120. The molecular formula is C23H30N2O8. The highest BCUT2D eigenvalue weighted by molar-refractivity contribution is 5.90. The van der Waals surface area contributed by atoms with Crippen molar-refractivity contribution in [2.75, 3.05) is 23.8 Å². The van der Waals surface area contributed by atoms with E-state index in [0.717, 1.165) is 0 Å². The van der Waals surface area contributed by atoms with Crippen molar-refractivity contribution in [3.05, 3.63) is 48.1 Å². The third kappa shape index (κ3) is 10.4. The van der Waals surface area contributed by atoms with Crippen LogP contribution in [0.4, 0.5) is 21.0 Å². The second-order valence-corrected chi connectivity index (χ2v) is 7.47. The first-order valence-corrected chi connectivity index (χ1v) is 10.1. The molecule has 0 radical (unpaired) electrons. The molecule has 33 heavy (non-hydrogen) atoms. The lowest BCUT2D eigenvalue weighted by Crippen LogP contribution is -2.26. The number of esters is 2. The molecule has 0 aliphatic carbocycles. The zero-order valence-corrected chi connectivity index (χ0v) is 19.5. The number of anilines is 2. The van der Waals surface area contributed by atoms with Crippen molar-refractivity contribution in [1.82, 2.24) is 0 Å². The van der Waals surface area contributed by atoms with Crippen LogP contribution in [0.1, 0.15) is 33.3 Å². The molecule has 0 aromatic heterocycles. The zero-order chi connectivity index (χ0) is 25.1. The van der Waals surface area contributed by atoms with Gasteiger partial charge in [-0.2, -0.15) is 0 Å². The summed E-state index contributed by atoms with van der Waals surface area (Å²) in [6.45, 7) is 14.6. The van der Waals surface area contributed by atoms with E-state index >= 15 is 0 Å². The first-order valence-electron chi connectivity index (χ1n) is 10.1. The number of rotatable bonds is 10. The molecule has 0 spiro atoms. The van der Waals surface area contributed by atoms with Crippen LogP contribution in [0.25, 0.3) is 0 Å². The maximum Gasteiger partial charge on any atom is 0.412 e. The smallest absolute Gasteiger partial charge is 0.412 e. The highest BCUT2D eigenvalue weighted by Gasteiger charge is 2.16. The molecule has 0 aliphatic heterocycles. The molecular weight excluding hydrogens is 432 g/mol. The van der Waals surface area contributed by atoms with E-state index in [9.17, 15) is 19.2 Å². The fourth-order valence-electron chi connectivity index (χ4n) is 2.19. The minimum atomic E-state index is -0.765. The van der Waals surface area contributed by atoms with Crippen LogP contribution in [0, 0.1) is 6.92 Å². The fraction of sp³-hybridized carbons (Fsp3) is 0.391. The summed E-state index contributed by atoms with van der Waals surface area (Å²) in [5.41, 5.74) is 1.95. The van der Waals surface area contributed by atoms with Gasteiger partial charge >= 0.3 is 24.1 Å². The topological polar surface area (TPSA) is 129 Å². The number of aryl methyl sites for hydroxylation is 1. The highest BCUT2D eigenvalue weighted by Crippen LogP contribution is 2.21. The van der Waals surface area contributed by atoms with Crippen LogP contribution in [0.15, 0.2) is 42.5 Å². The van der Waals surface area contributed by atoms with Crippen LogP contribution in [-0.2, 0) is 28.5 Å². The van der Waals surface area contributed by atoms with Gasteiger partial charge in [0.15, 0.2) is 0 Å². The predicted octanol–water partition coefficient (Wildman–Crippen LogP) is 4.11. The molecule has 0 aliphatic rings. The standard InChI is InChI=1S/C23H30N2O8/c1-13(2)20(26)30-11-16(6)32-22(28)24-18-9-8-15(5)19(10-18)25-23(29)33-17(7)12-31-21(27)14(3)4/h8-10,16-17H,1,3,11-12H2,2,4-7H3,(H,24,28)(H,25,29)/t16-,17?/m0/s1. The van der Waals surface area contributed by atoms with Gasteiger partial charge < -0.3 is 18.9 Å². The van der Waals surface area contributed by atoms with Crippen molar-refractivity contribution < 1.29 is 38.1 Å². The van der Waals surface area contributed by atoms with Crippen molar-refractivity contribution in [3.8, 4) is 0 Å². The van der Waals surface area contributed by atoms with Crippen molar-refractivity contribution in [2.24, 2.45) is 0 Å². The van der Waals surface area contributed by atoms with Crippen LogP contribution in [0.5, 0.6) is 0 Å². The van der Waals surface area contributed by atoms with Gasteiger partial charge in [0, 0.05) is 22.5 Å². The number of carbonyl (C=O) groups is 4. The monoisotopic (exact) mass is 462 g/mol. The van der Waals surface area contributed by atoms with Gasteiger partial charge in [-0.05, 0) is 52.3 Å².